The first-order valence-corrected chi connectivity index (χ1v) is 6.47. The monoisotopic (exact) mass is 293 g/mol. The second-order valence-corrected chi connectivity index (χ2v) is 4.17. The van der Waals surface area contributed by atoms with Crippen molar-refractivity contribution >= 4 is 11.9 Å². The van der Waals surface area contributed by atoms with Crippen LogP contribution in [0.25, 0.3) is 0 Å². The van der Waals surface area contributed by atoms with Gasteiger partial charge in [-0.15, -0.1) is 6.58 Å². The molecule has 1 N–H and O–H groups in total. The highest BCUT2D eigenvalue weighted by atomic mass is 16.7. The molecule has 0 radical (unpaired) electrons. The fourth-order valence-electron chi connectivity index (χ4n) is 1.34. The normalized spacial score (nSPS) is 11.5. The number of esters is 1. The van der Waals surface area contributed by atoms with Gasteiger partial charge in [0.1, 0.15) is 0 Å². The first-order valence-electron chi connectivity index (χ1n) is 6.47. The Balaban J connectivity index is 2.16. The van der Waals surface area contributed by atoms with Gasteiger partial charge in [0, 0.05) is 0 Å². The van der Waals surface area contributed by atoms with Crippen molar-refractivity contribution in [3.8, 4) is 0 Å². The van der Waals surface area contributed by atoms with E-state index in [9.17, 15) is 9.59 Å². The molecule has 21 heavy (non-hydrogen) atoms. The van der Waals surface area contributed by atoms with Crippen molar-refractivity contribution in [1.29, 1.82) is 0 Å². The lowest BCUT2D eigenvalue weighted by Crippen LogP contribution is -2.32. The average molecular weight is 293 g/mol. The van der Waals surface area contributed by atoms with Crippen LogP contribution in [0.2, 0.25) is 0 Å². The van der Waals surface area contributed by atoms with Crippen molar-refractivity contribution in [2.75, 3.05) is 13.2 Å². The molecule has 114 valence electrons. The number of carbonyl (C=O) groups excluding carboxylic acids is 2. The average Bonchev–Trinajstić information content (AvgIpc) is 2.51. The lowest BCUT2D eigenvalue weighted by Gasteiger charge is -2.11. The summed E-state index contributed by atoms with van der Waals surface area (Å²) in [5, 5.41) is 0. The van der Waals surface area contributed by atoms with Crippen LogP contribution < -0.4 is 5.48 Å². The Labute approximate surface area is 123 Å². The molecule has 0 saturated heterocycles. The zero-order chi connectivity index (χ0) is 15.5. The quantitative estimate of drug-likeness (QED) is 0.423. The highest BCUT2D eigenvalue weighted by Gasteiger charge is 2.15. The standard InChI is InChI=1S/C15H19NO5/c1-3-9-19-12(2)15(18)20-11-14(17)16-21-10-13-7-5-4-6-8-13/h3-8,12H,1,9-11H2,2H3,(H,16,17). The highest BCUT2D eigenvalue weighted by Crippen LogP contribution is 1.99. The van der Waals surface area contributed by atoms with Gasteiger partial charge in [0.2, 0.25) is 0 Å². The third kappa shape index (κ3) is 7.24. The molecule has 6 heteroatoms. The van der Waals surface area contributed by atoms with Gasteiger partial charge in [-0.2, -0.15) is 0 Å². The van der Waals surface area contributed by atoms with Crippen molar-refractivity contribution in [3.63, 3.8) is 0 Å². The Morgan fingerprint density at radius 3 is 2.71 bits per heavy atom. The van der Waals surface area contributed by atoms with Crippen LogP contribution in [0.1, 0.15) is 12.5 Å². The molecule has 0 saturated carbocycles. The maximum Gasteiger partial charge on any atom is 0.335 e. The Hall–Kier alpha value is -2.18. The predicted octanol–water partition coefficient (Wildman–Crippen LogP) is 1.37. The van der Waals surface area contributed by atoms with E-state index in [1.54, 1.807) is 0 Å². The fourth-order valence-corrected chi connectivity index (χ4v) is 1.34. The van der Waals surface area contributed by atoms with E-state index in [-0.39, 0.29) is 13.2 Å². The van der Waals surface area contributed by atoms with Crippen molar-refractivity contribution in [3.05, 3.63) is 48.6 Å². The summed E-state index contributed by atoms with van der Waals surface area (Å²) in [4.78, 5) is 27.9. The van der Waals surface area contributed by atoms with E-state index >= 15 is 0 Å². The van der Waals surface area contributed by atoms with Crippen LogP contribution in [0.15, 0.2) is 43.0 Å². The van der Waals surface area contributed by atoms with E-state index in [0.717, 1.165) is 5.56 Å². The molecule has 0 aromatic heterocycles. The Morgan fingerprint density at radius 1 is 1.33 bits per heavy atom. The van der Waals surface area contributed by atoms with Gasteiger partial charge in [-0.05, 0) is 12.5 Å². The maximum atomic E-state index is 11.4. The van der Waals surface area contributed by atoms with E-state index in [4.69, 9.17) is 14.3 Å². The van der Waals surface area contributed by atoms with E-state index < -0.39 is 24.6 Å². The Morgan fingerprint density at radius 2 is 2.05 bits per heavy atom. The summed E-state index contributed by atoms with van der Waals surface area (Å²) in [5.41, 5.74) is 3.11. The number of carbonyl (C=O) groups is 2. The summed E-state index contributed by atoms with van der Waals surface area (Å²) in [5.74, 6) is -1.16. The fraction of sp³-hybridized carbons (Fsp3) is 0.333. The van der Waals surface area contributed by atoms with Gasteiger partial charge >= 0.3 is 5.97 Å². The molecule has 1 aromatic rings. The number of benzene rings is 1. The molecule has 1 unspecified atom stereocenters. The number of amides is 1. The molecule has 6 nitrogen and oxygen atoms in total. The van der Waals surface area contributed by atoms with E-state index in [1.165, 1.54) is 13.0 Å². The number of hydroxylamine groups is 1. The minimum absolute atomic E-state index is 0.235. The highest BCUT2D eigenvalue weighted by molar-refractivity contribution is 5.81. The van der Waals surface area contributed by atoms with Crippen LogP contribution in [0.3, 0.4) is 0 Å². The summed E-state index contributed by atoms with van der Waals surface area (Å²) in [7, 11) is 0. The van der Waals surface area contributed by atoms with Gasteiger partial charge in [0.25, 0.3) is 5.91 Å². The number of rotatable bonds is 9. The lowest BCUT2D eigenvalue weighted by atomic mass is 10.2. The zero-order valence-corrected chi connectivity index (χ0v) is 11.9. The van der Waals surface area contributed by atoms with Gasteiger partial charge in [0.15, 0.2) is 12.7 Å². The van der Waals surface area contributed by atoms with Gasteiger partial charge < -0.3 is 9.47 Å². The molecule has 0 fully saturated rings. The van der Waals surface area contributed by atoms with E-state index in [0.29, 0.717) is 0 Å². The molecule has 0 aliphatic heterocycles. The van der Waals surface area contributed by atoms with E-state index in [1.807, 2.05) is 30.3 Å². The molecule has 1 atom stereocenters. The molecule has 0 heterocycles. The number of nitrogens with one attached hydrogen (secondary N) is 1. The number of hydrogen-bond acceptors (Lipinski definition) is 5. The smallest absolute Gasteiger partial charge is 0.335 e. The van der Waals surface area contributed by atoms with Crippen LogP contribution in [0, 0.1) is 0 Å². The van der Waals surface area contributed by atoms with Crippen LogP contribution in [0.4, 0.5) is 0 Å². The minimum atomic E-state index is -0.749. The predicted molar refractivity (Wildman–Crippen MR) is 75.9 cm³/mol. The molecule has 1 amide bonds. The summed E-state index contributed by atoms with van der Waals surface area (Å²) >= 11 is 0. The Kier molecular flexibility index (Phi) is 7.78. The summed E-state index contributed by atoms with van der Waals surface area (Å²) < 4.78 is 9.84. The summed E-state index contributed by atoms with van der Waals surface area (Å²) in [6.07, 6.45) is 0.773. The lowest BCUT2D eigenvalue weighted by molar-refractivity contribution is -0.161. The molecule has 0 spiro atoms. The molecular formula is C15H19NO5. The van der Waals surface area contributed by atoms with Crippen LogP contribution in [0.5, 0.6) is 0 Å². The van der Waals surface area contributed by atoms with Crippen LogP contribution >= 0.6 is 0 Å². The van der Waals surface area contributed by atoms with Gasteiger partial charge in [0.05, 0.1) is 13.2 Å². The molecule has 0 aliphatic carbocycles. The minimum Gasteiger partial charge on any atom is -0.454 e. The van der Waals surface area contributed by atoms with Crippen LogP contribution in [-0.2, 0) is 30.5 Å². The number of ether oxygens (including phenoxy) is 2. The first-order chi connectivity index (χ1) is 10.1. The van der Waals surface area contributed by atoms with Crippen molar-refractivity contribution in [2.24, 2.45) is 0 Å². The molecule has 1 rings (SSSR count). The zero-order valence-electron chi connectivity index (χ0n) is 11.9. The SMILES string of the molecule is C=CCOC(C)C(=O)OCC(=O)NOCc1ccccc1. The van der Waals surface area contributed by atoms with E-state index in [2.05, 4.69) is 12.1 Å². The third-order valence-corrected chi connectivity index (χ3v) is 2.41. The molecule has 1 aromatic carbocycles. The first kappa shape index (κ1) is 16.9. The second kappa shape index (κ2) is 9.68. The third-order valence-electron chi connectivity index (χ3n) is 2.41. The largest absolute Gasteiger partial charge is 0.454 e. The summed E-state index contributed by atoms with van der Waals surface area (Å²) in [6, 6.07) is 9.35. The number of hydrogen-bond donors (Lipinski definition) is 1. The van der Waals surface area contributed by atoms with Crippen LogP contribution in [-0.4, -0.2) is 31.2 Å². The summed E-state index contributed by atoms with van der Waals surface area (Å²) in [6.45, 7) is 5.06. The van der Waals surface area contributed by atoms with Gasteiger partial charge in [-0.1, -0.05) is 36.4 Å². The van der Waals surface area contributed by atoms with Crippen molar-refractivity contribution in [2.45, 2.75) is 19.6 Å². The molecule has 0 aliphatic rings. The Bertz CT molecular complexity index is 460. The topological polar surface area (TPSA) is 73.9 Å². The molecule has 0 bridgehead atoms. The van der Waals surface area contributed by atoms with Crippen molar-refractivity contribution in [1.82, 2.24) is 5.48 Å². The van der Waals surface area contributed by atoms with Crippen molar-refractivity contribution < 1.29 is 23.9 Å². The van der Waals surface area contributed by atoms with Gasteiger partial charge in [-0.3, -0.25) is 9.63 Å². The molecular weight excluding hydrogens is 274 g/mol. The second-order valence-electron chi connectivity index (χ2n) is 4.17. The van der Waals surface area contributed by atoms with Gasteiger partial charge in [-0.25, -0.2) is 10.3 Å². The maximum absolute atomic E-state index is 11.4.